The smallest absolute Gasteiger partial charge is 0.322 e. The number of carboxylic acids is 1. The molecule has 1 aromatic carbocycles. The van der Waals surface area contributed by atoms with E-state index in [1.54, 1.807) is 24.3 Å². The summed E-state index contributed by atoms with van der Waals surface area (Å²) in [6.45, 7) is 0. The molecular formula is C13H14ClNO4S. The van der Waals surface area contributed by atoms with Crippen molar-refractivity contribution in [2.24, 2.45) is 5.92 Å². The second-order valence-electron chi connectivity index (χ2n) is 4.67. The average molecular weight is 316 g/mol. The molecule has 20 heavy (non-hydrogen) atoms. The lowest BCUT2D eigenvalue weighted by molar-refractivity contribution is -0.139. The summed E-state index contributed by atoms with van der Waals surface area (Å²) in [5, 5.41) is 10.5. The molecule has 0 bridgehead atoms. The van der Waals surface area contributed by atoms with Crippen molar-refractivity contribution < 1.29 is 18.3 Å². The molecule has 0 heterocycles. The van der Waals surface area contributed by atoms with E-state index in [-0.39, 0.29) is 5.92 Å². The number of carbonyl (C=O) groups is 1. The molecule has 0 radical (unpaired) electrons. The number of carboxylic acid groups (broad SMARTS) is 1. The molecule has 0 amide bonds. The fourth-order valence-corrected chi connectivity index (χ4v) is 2.92. The highest BCUT2D eigenvalue weighted by atomic mass is 35.5. The van der Waals surface area contributed by atoms with E-state index in [1.165, 1.54) is 6.08 Å². The van der Waals surface area contributed by atoms with Gasteiger partial charge in [-0.2, -0.15) is 4.72 Å². The minimum absolute atomic E-state index is 0.105. The number of sulfonamides is 1. The Morgan fingerprint density at radius 3 is 2.45 bits per heavy atom. The van der Waals surface area contributed by atoms with Crippen LogP contribution in [0.25, 0.3) is 6.08 Å². The van der Waals surface area contributed by atoms with E-state index in [1.807, 2.05) is 0 Å². The molecule has 1 aliphatic rings. The van der Waals surface area contributed by atoms with Gasteiger partial charge < -0.3 is 5.11 Å². The van der Waals surface area contributed by atoms with Crippen LogP contribution < -0.4 is 4.72 Å². The van der Waals surface area contributed by atoms with Crippen molar-refractivity contribution >= 4 is 33.7 Å². The molecule has 2 N–H and O–H groups in total. The highest BCUT2D eigenvalue weighted by Gasteiger charge is 2.38. The molecule has 7 heteroatoms. The number of rotatable bonds is 6. The molecule has 1 unspecified atom stereocenters. The van der Waals surface area contributed by atoms with Crippen LogP contribution in [-0.4, -0.2) is 25.5 Å². The van der Waals surface area contributed by atoms with Crippen LogP contribution in [0.1, 0.15) is 18.4 Å². The van der Waals surface area contributed by atoms with Crippen LogP contribution in [0, 0.1) is 5.92 Å². The Balaban J connectivity index is 2.06. The summed E-state index contributed by atoms with van der Waals surface area (Å²) in [5.74, 6) is -1.25. The molecule has 0 aromatic heterocycles. The normalized spacial score (nSPS) is 17.2. The van der Waals surface area contributed by atoms with Gasteiger partial charge in [0.15, 0.2) is 0 Å². The van der Waals surface area contributed by atoms with E-state index >= 15 is 0 Å². The highest BCUT2D eigenvalue weighted by molar-refractivity contribution is 7.92. The maximum atomic E-state index is 11.8. The summed E-state index contributed by atoms with van der Waals surface area (Å²) in [6.07, 6.45) is 2.87. The van der Waals surface area contributed by atoms with E-state index in [4.69, 9.17) is 16.7 Å². The monoisotopic (exact) mass is 315 g/mol. The first-order chi connectivity index (χ1) is 9.37. The van der Waals surface area contributed by atoms with Crippen LogP contribution in [0.15, 0.2) is 29.7 Å². The maximum Gasteiger partial charge on any atom is 0.322 e. The molecule has 0 saturated heterocycles. The highest BCUT2D eigenvalue weighted by Crippen LogP contribution is 2.33. The third-order valence-corrected chi connectivity index (χ3v) is 4.29. The van der Waals surface area contributed by atoms with E-state index in [9.17, 15) is 13.2 Å². The maximum absolute atomic E-state index is 11.8. The van der Waals surface area contributed by atoms with Crippen LogP contribution in [0.4, 0.5) is 0 Å². The molecule has 108 valence electrons. The van der Waals surface area contributed by atoms with E-state index in [0.717, 1.165) is 18.2 Å². The minimum Gasteiger partial charge on any atom is -0.480 e. The van der Waals surface area contributed by atoms with Gasteiger partial charge in [-0.25, -0.2) is 8.42 Å². The summed E-state index contributed by atoms with van der Waals surface area (Å²) < 4.78 is 25.9. The van der Waals surface area contributed by atoms with Crippen LogP contribution in [-0.2, 0) is 14.8 Å². The Morgan fingerprint density at radius 1 is 1.35 bits per heavy atom. The van der Waals surface area contributed by atoms with Crippen molar-refractivity contribution in [1.29, 1.82) is 0 Å². The van der Waals surface area contributed by atoms with E-state index in [0.29, 0.717) is 10.6 Å². The topological polar surface area (TPSA) is 83.5 Å². The zero-order valence-electron chi connectivity index (χ0n) is 10.5. The molecule has 1 fully saturated rings. The largest absolute Gasteiger partial charge is 0.480 e. The van der Waals surface area contributed by atoms with Crippen LogP contribution >= 0.6 is 11.6 Å². The predicted molar refractivity (Wildman–Crippen MR) is 76.7 cm³/mol. The first kappa shape index (κ1) is 15.0. The van der Waals surface area contributed by atoms with Gasteiger partial charge >= 0.3 is 5.97 Å². The second-order valence-corrected chi connectivity index (χ2v) is 6.70. The number of hydrogen-bond donors (Lipinski definition) is 2. The standard InChI is InChI=1S/C13H14ClNO4S/c14-11-5-1-9(2-6-11)7-8-20(18,19)15-12(13(16)17)10-3-4-10/h1-2,5-8,10,12,15H,3-4H2,(H,16,17). The molecule has 0 aliphatic heterocycles. The van der Waals surface area contributed by atoms with Gasteiger partial charge in [0.1, 0.15) is 6.04 Å². The molecule has 1 aromatic rings. The van der Waals surface area contributed by atoms with Gasteiger partial charge in [-0.3, -0.25) is 4.79 Å². The van der Waals surface area contributed by atoms with E-state index < -0.39 is 22.0 Å². The number of aliphatic carboxylic acids is 1. The van der Waals surface area contributed by atoms with Crippen molar-refractivity contribution in [3.63, 3.8) is 0 Å². The SMILES string of the molecule is O=C(O)C(NS(=O)(=O)C=Cc1ccc(Cl)cc1)C1CC1. The molecular weight excluding hydrogens is 302 g/mol. The first-order valence-electron chi connectivity index (χ1n) is 6.06. The van der Waals surface area contributed by atoms with Crippen molar-refractivity contribution in [3.8, 4) is 0 Å². The number of hydrogen-bond acceptors (Lipinski definition) is 3. The fraction of sp³-hybridized carbons (Fsp3) is 0.308. The van der Waals surface area contributed by atoms with Crippen LogP contribution in [0.5, 0.6) is 0 Å². The third kappa shape index (κ3) is 4.33. The lowest BCUT2D eigenvalue weighted by Gasteiger charge is -2.11. The first-order valence-corrected chi connectivity index (χ1v) is 7.98. The van der Waals surface area contributed by atoms with Crippen molar-refractivity contribution in [2.75, 3.05) is 0 Å². The number of nitrogens with one attached hydrogen (secondary N) is 1. The molecule has 1 saturated carbocycles. The van der Waals surface area contributed by atoms with Gasteiger partial charge in [-0.15, -0.1) is 0 Å². The Bertz CT molecular complexity index is 620. The van der Waals surface area contributed by atoms with Crippen LogP contribution in [0.3, 0.4) is 0 Å². The minimum atomic E-state index is -3.78. The number of benzene rings is 1. The fourth-order valence-electron chi connectivity index (χ4n) is 1.74. The summed E-state index contributed by atoms with van der Waals surface area (Å²) in [6, 6.07) is 5.58. The molecule has 1 atom stereocenters. The van der Waals surface area contributed by atoms with Gasteiger partial charge in [0.25, 0.3) is 0 Å². The zero-order chi connectivity index (χ0) is 14.8. The third-order valence-electron chi connectivity index (χ3n) is 2.96. The summed E-state index contributed by atoms with van der Waals surface area (Å²) in [5.41, 5.74) is 0.665. The quantitative estimate of drug-likeness (QED) is 0.842. The lowest BCUT2D eigenvalue weighted by Crippen LogP contribution is -2.41. The Hall–Kier alpha value is -1.37. The Kier molecular flexibility index (Phi) is 4.47. The Morgan fingerprint density at radius 2 is 1.95 bits per heavy atom. The van der Waals surface area contributed by atoms with Gasteiger partial charge in [0, 0.05) is 10.4 Å². The molecule has 0 spiro atoms. The molecule has 1 aliphatic carbocycles. The summed E-state index contributed by atoms with van der Waals surface area (Å²) in [4.78, 5) is 11.0. The van der Waals surface area contributed by atoms with Gasteiger partial charge in [-0.05, 0) is 42.5 Å². The predicted octanol–water partition coefficient (Wildman–Crippen LogP) is 2.09. The van der Waals surface area contributed by atoms with E-state index in [2.05, 4.69) is 4.72 Å². The Labute approximate surface area is 122 Å². The molecule has 2 rings (SSSR count). The van der Waals surface area contributed by atoms with Gasteiger partial charge in [0.05, 0.1) is 0 Å². The molecule has 5 nitrogen and oxygen atoms in total. The van der Waals surface area contributed by atoms with Crippen LogP contribution in [0.2, 0.25) is 5.02 Å². The van der Waals surface area contributed by atoms with Gasteiger partial charge in [-0.1, -0.05) is 23.7 Å². The van der Waals surface area contributed by atoms with Gasteiger partial charge in [0.2, 0.25) is 10.0 Å². The number of halogens is 1. The summed E-state index contributed by atoms with van der Waals surface area (Å²) in [7, 11) is -3.78. The van der Waals surface area contributed by atoms with Crippen molar-refractivity contribution in [1.82, 2.24) is 4.72 Å². The second kappa shape index (κ2) is 5.95. The van der Waals surface area contributed by atoms with Crippen molar-refractivity contribution in [3.05, 3.63) is 40.3 Å². The zero-order valence-corrected chi connectivity index (χ0v) is 12.1. The lowest BCUT2D eigenvalue weighted by atomic mass is 10.2. The van der Waals surface area contributed by atoms with Crippen molar-refractivity contribution in [2.45, 2.75) is 18.9 Å². The average Bonchev–Trinajstić information content (AvgIpc) is 3.19. The summed E-state index contributed by atoms with van der Waals surface area (Å²) >= 11 is 5.73.